The predicted molar refractivity (Wildman–Crippen MR) is 93.0 cm³/mol. The van der Waals surface area contributed by atoms with Crippen molar-refractivity contribution in [3.63, 3.8) is 0 Å². The minimum absolute atomic E-state index is 0. The lowest BCUT2D eigenvalue weighted by atomic mass is 9.92. The summed E-state index contributed by atoms with van der Waals surface area (Å²) in [7, 11) is 1.61. The monoisotopic (exact) mass is 362 g/mol. The molecule has 0 radical (unpaired) electrons. The van der Waals surface area contributed by atoms with E-state index in [-0.39, 0.29) is 30.3 Å². The quantitative estimate of drug-likeness (QED) is 0.814. The zero-order chi connectivity index (χ0) is 15.9. The first kappa shape index (κ1) is 20.2. The molecule has 2 unspecified atom stereocenters. The highest BCUT2D eigenvalue weighted by atomic mass is 35.5. The van der Waals surface area contributed by atoms with Gasteiger partial charge in [-0.1, -0.05) is 23.7 Å². The molecule has 1 aliphatic rings. The Labute approximate surface area is 148 Å². The van der Waals surface area contributed by atoms with Crippen molar-refractivity contribution in [1.29, 1.82) is 0 Å². The van der Waals surface area contributed by atoms with Crippen LogP contribution in [0.5, 0.6) is 0 Å². The van der Waals surface area contributed by atoms with Gasteiger partial charge < -0.3 is 20.5 Å². The summed E-state index contributed by atoms with van der Waals surface area (Å²) in [5.74, 6) is 0.0493. The molecule has 1 fully saturated rings. The van der Waals surface area contributed by atoms with Gasteiger partial charge in [0.15, 0.2) is 0 Å². The van der Waals surface area contributed by atoms with Gasteiger partial charge in [0, 0.05) is 31.9 Å². The number of hydrogen-bond donors (Lipinski definition) is 2. The average Bonchev–Trinajstić information content (AvgIpc) is 2.56. The summed E-state index contributed by atoms with van der Waals surface area (Å²) in [5.41, 5.74) is 7.02. The summed E-state index contributed by atoms with van der Waals surface area (Å²) in [4.78, 5) is 12.2. The van der Waals surface area contributed by atoms with Crippen molar-refractivity contribution < 1.29 is 14.3 Å². The number of hydrogen-bond acceptors (Lipinski definition) is 4. The van der Waals surface area contributed by atoms with Crippen LogP contribution in [0, 0.1) is 5.92 Å². The molecule has 1 aliphatic heterocycles. The lowest BCUT2D eigenvalue weighted by Crippen LogP contribution is -2.48. The first-order valence-corrected chi connectivity index (χ1v) is 7.89. The van der Waals surface area contributed by atoms with E-state index in [9.17, 15) is 4.79 Å². The van der Waals surface area contributed by atoms with Crippen LogP contribution in [-0.4, -0.2) is 38.8 Å². The lowest BCUT2D eigenvalue weighted by molar-refractivity contribution is -0.124. The second-order valence-electron chi connectivity index (χ2n) is 5.50. The largest absolute Gasteiger partial charge is 0.381 e. The number of ether oxygens (including phenoxy) is 2. The maximum atomic E-state index is 12.2. The molecule has 7 heteroatoms. The third-order valence-electron chi connectivity index (χ3n) is 4.06. The van der Waals surface area contributed by atoms with Gasteiger partial charge in [-0.3, -0.25) is 4.79 Å². The van der Waals surface area contributed by atoms with Gasteiger partial charge in [-0.25, -0.2) is 0 Å². The first-order valence-electron chi connectivity index (χ1n) is 7.51. The summed E-state index contributed by atoms with van der Waals surface area (Å²) in [5, 5.41) is 3.55. The number of methoxy groups -OCH3 is 1. The topological polar surface area (TPSA) is 73.6 Å². The van der Waals surface area contributed by atoms with Gasteiger partial charge >= 0.3 is 0 Å². The Morgan fingerprint density at radius 3 is 2.57 bits per heavy atom. The van der Waals surface area contributed by atoms with E-state index in [1.807, 2.05) is 12.1 Å². The maximum absolute atomic E-state index is 12.2. The molecule has 1 heterocycles. The molecular formula is C16H24Cl2N2O3. The zero-order valence-corrected chi connectivity index (χ0v) is 14.7. The van der Waals surface area contributed by atoms with E-state index >= 15 is 0 Å². The third kappa shape index (κ3) is 5.94. The van der Waals surface area contributed by atoms with Crippen LogP contribution in [-0.2, 0) is 14.3 Å². The van der Waals surface area contributed by atoms with Gasteiger partial charge in [0.2, 0.25) is 5.91 Å². The van der Waals surface area contributed by atoms with E-state index in [2.05, 4.69) is 5.32 Å². The van der Waals surface area contributed by atoms with Crippen molar-refractivity contribution in [2.24, 2.45) is 11.7 Å². The molecule has 130 valence electrons. The van der Waals surface area contributed by atoms with Crippen molar-refractivity contribution in [2.75, 3.05) is 26.9 Å². The molecule has 2 rings (SSSR count). The summed E-state index contributed by atoms with van der Waals surface area (Å²) in [6.45, 7) is 1.74. The molecule has 0 spiro atoms. The van der Waals surface area contributed by atoms with E-state index in [1.165, 1.54) is 0 Å². The van der Waals surface area contributed by atoms with E-state index in [0.29, 0.717) is 24.8 Å². The molecule has 2 atom stereocenters. The Morgan fingerprint density at radius 2 is 2.00 bits per heavy atom. The molecule has 1 aromatic carbocycles. The number of benzene rings is 1. The second kappa shape index (κ2) is 10.1. The number of rotatable bonds is 6. The Bertz CT molecular complexity index is 479. The van der Waals surface area contributed by atoms with Crippen LogP contribution in [0.2, 0.25) is 5.02 Å². The summed E-state index contributed by atoms with van der Waals surface area (Å²) >= 11 is 5.88. The van der Waals surface area contributed by atoms with E-state index in [1.54, 1.807) is 19.2 Å². The zero-order valence-electron chi connectivity index (χ0n) is 13.2. The van der Waals surface area contributed by atoms with Crippen molar-refractivity contribution in [3.8, 4) is 0 Å². The first-order chi connectivity index (χ1) is 10.6. The number of carbonyl (C=O) groups excluding carboxylic acids is 1. The number of carbonyl (C=O) groups is 1. The number of halogens is 2. The standard InChI is InChI=1S/C16H23ClN2O3.ClH/c1-21-14(11-2-4-13(17)5-3-11)10-19-16(20)15(18)12-6-8-22-9-7-12;/h2-5,12,14-15H,6-10,18H2,1H3,(H,19,20);1H. The molecule has 0 bridgehead atoms. The van der Waals surface area contributed by atoms with Gasteiger partial charge in [0.1, 0.15) is 0 Å². The van der Waals surface area contributed by atoms with Crippen LogP contribution in [0.25, 0.3) is 0 Å². The van der Waals surface area contributed by atoms with Gasteiger partial charge in [-0.15, -0.1) is 12.4 Å². The van der Waals surface area contributed by atoms with E-state index < -0.39 is 6.04 Å². The molecule has 3 N–H and O–H groups in total. The molecule has 0 aromatic heterocycles. The molecular weight excluding hydrogens is 339 g/mol. The summed E-state index contributed by atoms with van der Waals surface area (Å²) in [6, 6.07) is 6.89. The van der Waals surface area contributed by atoms with Crippen LogP contribution in [0.4, 0.5) is 0 Å². The molecule has 23 heavy (non-hydrogen) atoms. The minimum Gasteiger partial charge on any atom is -0.381 e. The molecule has 5 nitrogen and oxygen atoms in total. The maximum Gasteiger partial charge on any atom is 0.237 e. The third-order valence-corrected chi connectivity index (χ3v) is 4.32. The summed E-state index contributed by atoms with van der Waals surface area (Å²) in [6.07, 6.45) is 1.45. The second-order valence-corrected chi connectivity index (χ2v) is 5.93. The van der Waals surface area contributed by atoms with E-state index in [4.69, 9.17) is 26.8 Å². The highest BCUT2D eigenvalue weighted by Crippen LogP contribution is 2.20. The molecule has 1 saturated heterocycles. The van der Waals surface area contributed by atoms with Crippen molar-refractivity contribution in [3.05, 3.63) is 34.9 Å². The molecule has 0 aliphatic carbocycles. The Kier molecular flexibility index (Phi) is 8.87. The van der Waals surface area contributed by atoms with Gasteiger partial charge in [0.25, 0.3) is 0 Å². The van der Waals surface area contributed by atoms with Crippen molar-refractivity contribution >= 4 is 29.9 Å². The Hall–Kier alpha value is -0.850. The average molecular weight is 363 g/mol. The van der Waals surface area contributed by atoms with Crippen LogP contribution in [0.1, 0.15) is 24.5 Å². The van der Waals surface area contributed by atoms with Crippen molar-refractivity contribution in [1.82, 2.24) is 5.32 Å². The Morgan fingerprint density at radius 1 is 1.39 bits per heavy atom. The minimum atomic E-state index is -0.494. The SMILES string of the molecule is COC(CNC(=O)C(N)C1CCOCC1)c1ccc(Cl)cc1.Cl. The smallest absolute Gasteiger partial charge is 0.237 e. The Balaban J connectivity index is 0.00000264. The van der Waals surface area contributed by atoms with Gasteiger partial charge in [-0.2, -0.15) is 0 Å². The van der Waals surface area contributed by atoms with Gasteiger partial charge in [-0.05, 0) is 36.5 Å². The summed E-state index contributed by atoms with van der Waals surface area (Å²) < 4.78 is 10.7. The van der Waals surface area contributed by atoms with Crippen LogP contribution < -0.4 is 11.1 Å². The highest BCUT2D eigenvalue weighted by molar-refractivity contribution is 6.30. The van der Waals surface area contributed by atoms with Crippen LogP contribution in [0.3, 0.4) is 0 Å². The molecule has 0 saturated carbocycles. The lowest BCUT2D eigenvalue weighted by Gasteiger charge is -2.27. The fourth-order valence-electron chi connectivity index (χ4n) is 2.61. The van der Waals surface area contributed by atoms with Gasteiger partial charge in [0.05, 0.1) is 12.1 Å². The normalized spacial score (nSPS) is 17.9. The molecule has 1 aromatic rings. The fraction of sp³-hybridized carbons (Fsp3) is 0.562. The van der Waals surface area contributed by atoms with E-state index in [0.717, 1.165) is 18.4 Å². The number of nitrogens with one attached hydrogen (secondary N) is 1. The number of nitrogens with two attached hydrogens (primary N) is 1. The fourth-order valence-corrected chi connectivity index (χ4v) is 2.74. The van der Waals surface area contributed by atoms with Crippen LogP contribution >= 0.6 is 24.0 Å². The molecule has 1 amide bonds. The highest BCUT2D eigenvalue weighted by Gasteiger charge is 2.26. The predicted octanol–water partition coefficient (Wildman–Crippen LogP) is 2.32. The van der Waals surface area contributed by atoms with Crippen molar-refractivity contribution in [2.45, 2.75) is 25.0 Å². The van der Waals surface area contributed by atoms with Crippen LogP contribution in [0.15, 0.2) is 24.3 Å². The number of amides is 1.